The van der Waals surface area contributed by atoms with E-state index in [1.54, 1.807) is 42.9 Å². The largest absolute Gasteiger partial charge is 0.390 e. The number of H-pyrrole nitrogens is 1. The summed E-state index contributed by atoms with van der Waals surface area (Å²) in [6, 6.07) is 11.9. The molecular formula is C24H24ClN5O3S. The van der Waals surface area contributed by atoms with Gasteiger partial charge < -0.3 is 15.4 Å². The molecule has 4 aromatic rings. The fourth-order valence-electron chi connectivity index (χ4n) is 4.16. The van der Waals surface area contributed by atoms with Crippen molar-refractivity contribution < 1.29 is 13.5 Å². The highest BCUT2D eigenvalue weighted by atomic mass is 35.5. The molecule has 2 atom stereocenters. The van der Waals surface area contributed by atoms with Crippen LogP contribution < -0.4 is 5.32 Å². The molecule has 0 saturated carbocycles. The smallest absolute Gasteiger partial charge is 0.243 e. The summed E-state index contributed by atoms with van der Waals surface area (Å²) in [7, 11) is -3.76. The van der Waals surface area contributed by atoms with Gasteiger partial charge in [-0.2, -0.15) is 4.31 Å². The van der Waals surface area contributed by atoms with Gasteiger partial charge in [-0.15, -0.1) is 0 Å². The number of piperidine rings is 1. The van der Waals surface area contributed by atoms with E-state index in [9.17, 15) is 13.5 Å². The number of sulfonamides is 1. The second-order valence-electron chi connectivity index (χ2n) is 8.44. The zero-order valence-electron chi connectivity index (χ0n) is 18.4. The van der Waals surface area contributed by atoms with Crippen LogP contribution in [0.15, 0.2) is 66.0 Å². The zero-order chi connectivity index (χ0) is 23.9. The van der Waals surface area contributed by atoms with Gasteiger partial charge in [-0.3, -0.25) is 0 Å². The predicted octanol–water partition coefficient (Wildman–Crippen LogP) is 3.82. The second kappa shape index (κ2) is 8.99. The Bertz CT molecular complexity index is 1420. The molecule has 1 aliphatic heterocycles. The fourth-order valence-corrected chi connectivity index (χ4v) is 5.95. The van der Waals surface area contributed by atoms with Crippen LogP contribution in [0.25, 0.3) is 22.2 Å². The van der Waals surface area contributed by atoms with Crippen molar-refractivity contribution in [3.8, 4) is 11.1 Å². The first-order valence-electron chi connectivity index (χ1n) is 10.9. The number of pyridine rings is 2. The van der Waals surface area contributed by atoms with E-state index in [0.717, 1.165) is 22.1 Å². The first-order valence-corrected chi connectivity index (χ1v) is 12.7. The molecule has 10 heteroatoms. The van der Waals surface area contributed by atoms with E-state index in [-0.39, 0.29) is 17.5 Å². The van der Waals surface area contributed by atoms with E-state index in [2.05, 4.69) is 20.3 Å². The number of fused-ring (bicyclic) bond motifs is 1. The van der Waals surface area contributed by atoms with Gasteiger partial charge in [0.1, 0.15) is 11.5 Å². The Hall–Kier alpha value is -2.98. The number of anilines is 1. The van der Waals surface area contributed by atoms with E-state index in [4.69, 9.17) is 11.6 Å². The number of aryl methyl sites for hydroxylation is 1. The Labute approximate surface area is 202 Å². The lowest BCUT2D eigenvalue weighted by Gasteiger charge is -2.35. The summed E-state index contributed by atoms with van der Waals surface area (Å²) >= 11 is 6.54. The van der Waals surface area contributed by atoms with Crippen molar-refractivity contribution in [2.45, 2.75) is 30.4 Å². The minimum absolute atomic E-state index is 0.00746. The summed E-state index contributed by atoms with van der Waals surface area (Å²) in [6.07, 6.45) is 4.79. The third-order valence-corrected chi connectivity index (χ3v) is 8.40. The number of aliphatic hydroxyl groups excluding tert-OH is 1. The van der Waals surface area contributed by atoms with Crippen molar-refractivity contribution >= 4 is 38.5 Å². The number of nitrogens with one attached hydrogen (secondary N) is 2. The topological polar surface area (TPSA) is 111 Å². The highest BCUT2D eigenvalue weighted by Crippen LogP contribution is 2.33. The van der Waals surface area contributed by atoms with Crippen LogP contribution in [0, 0.1) is 6.92 Å². The molecule has 0 amide bonds. The van der Waals surface area contributed by atoms with Crippen LogP contribution in [0.2, 0.25) is 5.02 Å². The minimum atomic E-state index is -3.76. The number of aromatic nitrogens is 3. The van der Waals surface area contributed by atoms with Gasteiger partial charge in [0.25, 0.3) is 0 Å². The molecule has 4 heterocycles. The Kier molecular flexibility index (Phi) is 6.03. The number of aliphatic hydroxyl groups is 1. The summed E-state index contributed by atoms with van der Waals surface area (Å²) in [4.78, 5) is 11.9. The molecule has 0 aliphatic carbocycles. The third-order valence-electron chi connectivity index (χ3n) is 6.11. The quantitative estimate of drug-likeness (QED) is 0.386. The normalized spacial score (nSPS) is 19.4. The van der Waals surface area contributed by atoms with Crippen molar-refractivity contribution in [3.05, 3.63) is 71.6 Å². The molecule has 0 radical (unpaired) electrons. The highest BCUT2D eigenvalue weighted by Gasteiger charge is 2.35. The Balaban J connectivity index is 1.31. The van der Waals surface area contributed by atoms with Crippen LogP contribution >= 0.6 is 11.6 Å². The maximum atomic E-state index is 13.2. The third kappa shape index (κ3) is 4.27. The lowest BCUT2D eigenvalue weighted by atomic mass is 10.0. The molecule has 1 fully saturated rings. The SMILES string of the molecule is Cc1ccc(N[C@@H]2CCN(S(=O)(=O)c3ccc(-c4cnc5[nH]ccc5c4Cl)cc3)C[C@@H]2O)nc1. The van der Waals surface area contributed by atoms with Crippen LogP contribution in [-0.2, 0) is 10.0 Å². The van der Waals surface area contributed by atoms with Crippen LogP contribution in [0.1, 0.15) is 12.0 Å². The molecule has 3 aromatic heterocycles. The average Bonchev–Trinajstić information content (AvgIpc) is 3.32. The van der Waals surface area contributed by atoms with Gasteiger partial charge in [-0.1, -0.05) is 29.8 Å². The number of rotatable bonds is 5. The summed E-state index contributed by atoms with van der Waals surface area (Å²) in [5.74, 6) is 0.660. The molecule has 0 unspecified atom stereocenters. The van der Waals surface area contributed by atoms with E-state index >= 15 is 0 Å². The van der Waals surface area contributed by atoms with Crippen LogP contribution in [-0.4, -0.2) is 58.0 Å². The van der Waals surface area contributed by atoms with E-state index < -0.39 is 16.1 Å². The lowest BCUT2D eigenvalue weighted by Crippen LogP contribution is -2.51. The van der Waals surface area contributed by atoms with E-state index in [0.29, 0.717) is 29.5 Å². The molecule has 34 heavy (non-hydrogen) atoms. The molecular weight excluding hydrogens is 474 g/mol. The van der Waals surface area contributed by atoms with Crippen LogP contribution in [0.3, 0.4) is 0 Å². The molecule has 1 saturated heterocycles. The van der Waals surface area contributed by atoms with Crippen molar-refractivity contribution in [2.75, 3.05) is 18.4 Å². The molecule has 3 N–H and O–H groups in total. The second-order valence-corrected chi connectivity index (χ2v) is 10.8. The van der Waals surface area contributed by atoms with Gasteiger partial charge >= 0.3 is 0 Å². The van der Waals surface area contributed by atoms with Gasteiger partial charge in [-0.25, -0.2) is 18.4 Å². The number of hydrogen-bond acceptors (Lipinski definition) is 6. The van der Waals surface area contributed by atoms with Crippen molar-refractivity contribution in [1.29, 1.82) is 0 Å². The minimum Gasteiger partial charge on any atom is -0.390 e. The number of aromatic amines is 1. The average molecular weight is 498 g/mol. The number of benzene rings is 1. The van der Waals surface area contributed by atoms with Gasteiger partial charge in [0.2, 0.25) is 10.0 Å². The van der Waals surface area contributed by atoms with Gasteiger partial charge in [0.15, 0.2) is 0 Å². The van der Waals surface area contributed by atoms with Crippen LogP contribution in [0.4, 0.5) is 5.82 Å². The lowest BCUT2D eigenvalue weighted by molar-refractivity contribution is 0.0949. The standard InChI is InChI=1S/C24H24ClN5O3S/c1-15-2-7-22(27-12-15)29-20-9-11-30(14-21(20)31)34(32,33)17-5-3-16(4-6-17)19-13-28-24-18(23(19)25)8-10-26-24/h2-8,10,12-13,20-21,31H,9,11,14H2,1H3,(H,26,28)(H,27,29)/t20-,21+/m1/s1. The summed E-state index contributed by atoms with van der Waals surface area (Å²) < 4.78 is 27.8. The predicted molar refractivity (Wildman–Crippen MR) is 132 cm³/mol. The monoisotopic (exact) mass is 497 g/mol. The van der Waals surface area contributed by atoms with E-state index in [1.165, 1.54) is 4.31 Å². The number of halogens is 1. The van der Waals surface area contributed by atoms with Crippen molar-refractivity contribution in [1.82, 2.24) is 19.3 Å². The molecule has 5 rings (SSSR count). The summed E-state index contributed by atoms with van der Waals surface area (Å²) in [6.45, 7) is 2.26. The maximum absolute atomic E-state index is 13.2. The molecule has 8 nitrogen and oxygen atoms in total. The molecule has 176 valence electrons. The van der Waals surface area contributed by atoms with Gasteiger partial charge in [0, 0.05) is 42.6 Å². The first-order chi connectivity index (χ1) is 16.3. The summed E-state index contributed by atoms with van der Waals surface area (Å²) in [5, 5.41) is 15.2. The van der Waals surface area contributed by atoms with Crippen molar-refractivity contribution in [2.24, 2.45) is 0 Å². The molecule has 1 aromatic carbocycles. The fraction of sp³-hybridized carbons (Fsp3) is 0.250. The number of hydrogen-bond donors (Lipinski definition) is 3. The summed E-state index contributed by atoms with van der Waals surface area (Å²) in [5.41, 5.74) is 3.24. The zero-order valence-corrected chi connectivity index (χ0v) is 20.0. The molecule has 0 bridgehead atoms. The van der Waals surface area contributed by atoms with Gasteiger partial charge in [0.05, 0.1) is 22.1 Å². The molecule has 0 spiro atoms. The van der Waals surface area contributed by atoms with Crippen molar-refractivity contribution in [3.63, 3.8) is 0 Å². The Morgan fingerprint density at radius 1 is 1.12 bits per heavy atom. The Morgan fingerprint density at radius 3 is 2.62 bits per heavy atom. The van der Waals surface area contributed by atoms with Crippen LogP contribution in [0.5, 0.6) is 0 Å². The molecule has 1 aliphatic rings. The number of nitrogens with zero attached hydrogens (tertiary/aromatic N) is 3. The van der Waals surface area contributed by atoms with E-state index in [1.807, 2.05) is 25.1 Å². The maximum Gasteiger partial charge on any atom is 0.243 e. The Morgan fingerprint density at radius 2 is 1.91 bits per heavy atom. The highest BCUT2D eigenvalue weighted by molar-refractivity contribution is 7.89. The van der Waals surface area contributed by atoms with Gasteiger partial charge in [-0.05, 0) is 48.7 Å². The number of β-amino-alcohol motifs (C(OH)–C–C–N with tert-alkyl or cyclic N) is 1. The first kappa shape index (κ1) is 22.8.